The average molecular weight is 280 g/mol. The molecule has 1 fully saturated rings. The number of rotatable bonds is 3. The van der Waals surface area contributed by atoms with Gasteiger partial charge in [0, 0.05) is 6.42 Å². The van der Waals surface area contributed by atoms with E-state index in [0.717, 1.165) is 25.7 Å². The number of hydrogen-bond acceptors (Lipinski definition) is 3. The van der Waals surface area contributed by atoms with Gasteiger partial charge in [-0.1, -0.05) is 57.6 Å². The largest absolute Gasteiger partial charge is 0.461 e. The number of esters is 1. The van der Waals surface area contributed by atoms with E-state index in [1.54, 1.807) is 13.0 Å². The zero-order valence-electron chi connectivity index (χ0n) is 12.8. The Balaban J connectivity index is 2.70. The normalized spacial score (nSPS) is 26.1. The Hall–Kier alpha value is -1.12. The fraction of sp³-hybridized carbons (Fsp3) is 0.765. The lowest BCUT2D eigenvalue weighted by Gasteiger charge is -2.26. The minimum atomic E-state index is -0.956. The summed E-state index contributed by atoms with van der Waals surface area (Å²) >= 11 is 0. The molecular weight excluding hydrogens is 252 g/mol. The lowest BCUT2D eigenvalue weighted by atomic mass is 9.78. The van der Waals surface area contributed by atoms with E-state index in [-0.39, 0.29) is 18.4 Å². The lowest BCUT2D eigenvalue weighted by Crippen LogP contribution is -2.38. The van der Waals surface area contributed by atoms with E-state index >= 15 is 0 Å². The van der Waals surface area contributed by atoms with Gasteiger partial charge < -0.3 is 4.74 Å². The van der Waals surface area contributed by atoms with Gasteiger partial charge in [0.25, 0.3) is 0 Å². The van der Waals surface area contributed by atoms with E-state index in [9.17, 15) is 9.59 Å². The van der Waals surface area contributed by atoms with E-state index < -0.39 is 5.41 Å². The summed E-state index contributed by atoms with van der Waals surface area (Å²) in [6.07, 6.45) is 11.6. The molecule has 0 amide bonds. The number of carbonyl (C=O) groups excluding carboxylic acids is 2. The molecule has 0 radical (unpaired) electrons. The average Bonchev–Trinajstić information content (AvgIpc) is 2.44. The summed E-state index contributed by atoms with van der Waals surface area (Å²) in [7, 11) is 0. The molecule has 0 heterocycles. The molecule has 0 aromatic carbocycles. The van der Waals surface area contributed by atoms with Gasteiger partial charge in [-0.2, -0.15) is 0 Å². The zero-order chi connectivity index (χ0) is 14.8. The molecule has 1 saturated carbocycles. The Labute approximate surface area is 122 Å². The maximum Gasteiger partial charge on any atom is 0.319 e. The van der Waals surface area contributed by atoms with Crippen molar-refractivity contribution >= 4 is 11.8 Å². The molecule has 0 aromatic heterocycles. The second-order valence-electron chi connectivity index (χ2n) is 5.97. The number of Topliss-reactive ketones (excluding diaryl/α,β-unsaturated/α-hetero) is 1. The van der Waals surface area contributed by atoms with E-state index in [2.05, 4.69) is 6.58 Å². The molecule has 1 aliphatic rings. The summed E-state index contributed by atoms with van der Waals surface area (Å²) in [4.78, 5) is 24.6. The molecular formula is C17H28O3. The van der Waals surface area contributed by atoms with Crippen molar-refractivity contribution in [3.63, 3.8) is 0 Å². The summed E-state index contributed by atoms with van der Waals surface area (Å²) in [5.41, 5.74) is -0.956. The maximum atomic E-state index is 12.4. The summed E-state index contributed by atoms with van der Waals surface area (Å²) < 4.78 is 5.15. The van der Waals surface area contributed by atoms with Gasteiger partial charge in [-0.05, 0) is 19.8 Å². The SMILES string of the molecule is C=CCOC(=O)C1(C)CCCCCCCCCCC1=O. The van der Waals surface area contributed by atoms with Crippen LogP contribution in [0.1, 0.15) is 71.1 Å². The third-order valence-corrected chi connectivity index (χ3v) is 4.23. The molecule has 0 bridgehead atoms. The fourth-order valence-electron chi connectivity index (χ4n) is 2.75. The van der Waals surface area contributed by atoms with Gasteiger partial charge in [-0.3, -0.25) is 9.59 Å². The predicted octanol–water partition coefficient (Wildman–Crippen LogP) is 4.21. The molecule has 3 nitrogen and oxygen atoms in total. The zero-order valence-corrected chi connectivity index (χ0v) is 12.8. The summed E-state index contributed by atoms with van der Waals surface area (Å²) in [6.45, 7) is 5.48. The van der Waals surface area contributed by atoms with Gasteiger partial charge in [0.2, 0.25) is 0 Å². The Bertz CT molecular complexity index is 335. The molecule has 1 rings (SSSR count). The molecule has 20 heavy (non-hydrogen) atoms. The quantitative estimate of drug-likeness (QED) is 0.442. The van der Waals surface area contributed by atoms with Crippen molar-refractivity contribution in [2.24, 2.45) is 5.41 Å². The van der Waals surface area contributed by atoms with E-state index in [1.165, 1.54) is 25.7 Å². The first-order chi connectivity index (χ1) is 9.61. The van der Waals surface area contributed by atoms with Crippen molar-refractivity contribution < 1.29 is 14.3 Å². The smallest absolute Gasteiger partial charge is 0.319 e. The van der Waals surface area contributed by atoms with Crippen molar-refractivity contribution in [2.45, 2.75) is 71.1 Å². The van der Waals surface area contributed by atoms with Gasteiger partial charge in [0.15, 0.2) is 0 Å². The van der Waals surface area contributed by atoms with Crippen LogP contribution < -0.4 is 0 Å². The Kier molecular flexibility index (Phi) is 7.56. The van der Waals surface area contributed by atoms with E-state index in [0.29, 0.717) is 12.8 Å². The van der Waals surface area contributed by atoms with Crippen molar-refractivity contribution in [3.8, 4) is 0 Å². The van der Waals surface area contributed by atoms with Crippen molar-refractivity contribution in [1.82, 2.24) is 0 Å². The maximum absolute atomic E-state index is 12.4. The third kappa shape index (κ3) is 5.10. The minimum absolute atomic E-state index is 0.0483. The van der Waals surface area contributed by atoms with Gasteiger partial charge in [0.1, 0.15) is 17.8 Å². The van der Waals surface area contributed by atoms with E-state index in [4.69, 9.17) is 4.74 Å². The topological polar surface area (TPSA) is 43.4 Å². The molecule has 114 valence electrons. The second kappa shape index (κ2) is 8.93. The highest BCUT2D eigenvalue weighted by molar-refractivity contribution is 6.03. The molecule has 0 N–H and O–H groups in total. The molecule has 1 unspecified atom stereocenters. The van der Waals surface area contributed by atoms with Crippen LogP contribution in [-0.2, 0) is 14.3 Å². The monoisotopic (exact) mass is 280 g/mol. The van der Waals surface area contributed by atoms with Crippen molar-refractivity contribution in [2.75, 3.05) is 6.61 Å². The molecule has 1 atom stereocenters. The standard InChI is InChI=1S/C17H28O3/c1-3-14-20-16(19)17(2)13-11-9-7-5-4-6-8-10-12-15(17)18/h3H,1,4-14H2,2H3. The summed E-state index contributed by atoms with van der Waals surface area (Å²) in [6, 6.07) is 0. The number of hydrogen-bond donors (Lipinski definition) is 0. The number of ether oxygens (including phenoxy) is 1. The molecule has 0 aliphatic heterocycles. The number of carbonyl (C=O) groups is 2. The van der Waals surface area contributed by atoms with Crippen LogP contribution in [0.15, 0.2) is 12.7 Å². The molecule has 1 aliphatic carbocycles. The summed E-state index contributed by atoms with van der Waals surface area (Å²) in [5, 5.41) is 0. The first-order valence-electron chi connectivity index (χ1n) is 7.92. The van der Waals surface area contributed by atoms with Crippen LogP contribution in [0.4, 0.5) is 0 Å². The van der Waals surface area contributed by atoms with Gasteiger partial charge >= 0.3 is 5.97 Å². The highest BCUT2D eigenvalue weighted by atomic mass is 16.5. The van der Waals surface area contributed by atoms with Crippen LogP contribution in [0.5, 0.6) is 0 Å². The molecule has 0 spiro atoms. The minimum Gasteiger partial charge on any atom is -0.461 e. The first-order valence-corrected chi connectivity index (χ1v) is 7.92. The van der Waals surface area contributed by atoms with Crippen molar-refractivity contribution in [3.05, 3.63) is 12.7 Å². The number of ketones is 1. The fourth-order valence-corrected chi connectivity index (χ4v) is 2.75. The van der Waals surface area contributed by atoms with Crippen molar-refractivity contribution in [1.29, 1.82) is 0 Å². The Morgan fingerprint density at radius 1 is 1.15 bits per heavy atom. The van der Waals surface area contributed by atoms with Gasteiger partial charge in [-0.15, -0.1) is 0 Å². The molecule has 0 saturated heterocycles. The Morgan fingerprint density at radius 2 is 1.70 bits per heavy atom. The van der Waals surface area contributed by atoms with Crippen LogP contribution in [-0.4, -0.2) is 18.4 Å². The van der Waals surface area contributed by atoms with Crippen LogP contribution in [0.25, 0.3) is 0 Å². The van der Waals surface area contributed by atoms with Crippen LogP contribution >= 0.6 is 0 Å². The summed E-state index contributed by atoms with van der Waals surface area (Å²) in [5.74, 6) is -0.327. The lowest BCUT2D eigenvalue weighted by molar-refractivity contribution is -0.159. The van der Waals surface area contributed by atoms with E-state index in [1.807, 2.05) is 0 Å². The first kappa shape index (κ1) is 16.9. The van der Waals surface area contributed by atoms with Gasteiger partial charge in [0.05, 0.1) is 0 Å². The highest BCUT2D eigenvalue weighted by Crippen LogP contribution is 2.31. The second-order valence-corrected chi connectivity index (χ2v) is 5.97. The molecule has 3 heteroatoms. The van der Waals surface area contributed by atoms with Crippen LogP contribution in [0.2, 0.25) is 0 Å². The predicted molar refractivity (Wildman–Crippen MR) is 80.4 cm³/mol. The van der Waals surface area contributed by atoms with Gasteiger partial charge in [-0.25, -0.2) is 0 Å². The highest BCUT2D eigenvalue weighted by Gasteiger charge is 2.41. The Morgan fingerprint density at radius 3 is 2.30 bits per heavy atom. The van der Waals surface area contributed by atoms with Crippen LogP contribution in [0.3, 0.4) is 0 Å². The van der Waals surface area contributed by atoms with Crippen LogP contribution in [0, 0.1) is 5.41 Å². The third-order valence-electron chi connectivity index (χ3n) is 4.23. The molecule has 0 aromatic rings.